The lowest BCUT2D eigenvalue weighted by Gasteiger charge is -2.06. The van der Waals surface area contributed by atoms with Crippen LogP contribution in [0.4, 0.5) is 5.69 Å². The fourth-order valence-corrected chi connectivity index (χ4v) is 1.89. The molecule has 104 valence electrons. The molecule has 0 aromatic heterocycles. The number of amides is 1. The van der Waals surface area contributed by atoms with Gasteiger partial charge < -0.3 is 15.5 Å². The van der Waals surface area contributed by atoms with Crippen molar-refractivity contribution in [2.24, 2.45) is 0 Å². The maximum atomic E-state index is 11.9. The number of carbonyl (C=O) groups excluding carboxylic acids is 1. The molecule has 2 rings (SSSR count). The second-order valence-corrected chi connectivity index (χ2v) is 4.56. The van der Waals surface area contributed by atoms with Crippen LogP contribution in [0.2, 0.25) is 0 Å². The predicted octanol–water partition coefficient (Wildman–Crippen LogP) is 2.11. The van der Waals surface area contributed by atoms with E-state index in [2.05, 4.69) is 5.32 Å². The van der Waals surface area contributed by atoms with Crippen LogP contribution in [0.15, 0.2) is 48.5 Å². The van der Waals surface area contributed by atoms with E-state index in [4.69, 9.17) is 5.11 Å². The van der Waals surface area contributed by atoms with E-state index in [1.54, 1.807) is 24.3 Å². The number of phenolic OH excluding ortho intramolecular Hbond substituents is 1. The summed E-state index contributed by atoms with van der Waals surface area (Å²) in [5, 5.41) is 20.8. The standard InChI is InChI=1S/C16H17NO3/c18-10-9-12-1-5-14(6-2-12)17-16(20)11-13-3-7-15(19)8-4-13/h1-8,18-19H,9-11H2,(H,17,20). The number of benzene rings is 2. The van der Waals surface area contributed by atoms with Crippen molar-refractivity contribution in [1.82, 2.24) is 0 Å². The molecule has 0 fully saturated rings. The summed E-state index contributed by atoms with van der Waals surface area (Å²) in [6, 6.07) is 14.0. The first-order valence-electron chi connectivity index (χ1n) is 6.45. The molecule has 0 saturated carbocycles. The molecule has 0 radical (unpaired) electrons. The van der Waals surface area contributed by atoms with E-state index in [0.29, 0.717) is 6.42 Å². The molecule has 4 nitrogen and oxygen atoms in total. The topological polar surface area (TPSA) is 69.6 Å². The van der Waals surface area contributed by atoms with Crippen molar-refractivity contribution in [3.8, 4) is 5.75 Å². The molecule has 20 heavy (non-hydrogen) atoms. The first kappa shape index (κ1) is 14.1. The van der Waals surface area contributed by atoms with Crippen molar-refractivity contribution in [3.63, 3.8) is 0 Å². The molecule has 0 heterocycles. The van der Waals surface area contributed by atoms with Crippen LogP contribution in [0.25, 0.3) is 0 Å². The SMILES string of the molecule is O=C(Cc1ccc(O)cc1)Nc1ccc(CCO)cc1. The maximum absolute atomic E-state index is 11.9. The molecule has 1 amide bonds. The Morgan fingerprint density at radius 3 is 2.15 bits per heavy atom. The number of aromatic hydroxyl groups is 1. The van der Waals surface area contributed by atoms with Crippen LogP contribution in [0.5, 0.6) is 5.75 Å². The highest BCUT2D eigenvalue weighted by atomic mass is 16.3. The van der Waals surface area contributed by atoms with Gasteiger partial charge in [-0.05, 0) is 41.8 Å². The minimum atomic E-state index is -0.106. The predicted molar refractivity (Wildman–Crippen MR) is 77.7 cm³/mol. The summed E-state index contributed by atoms with van der Waals surface area (Å²) in [6.45, 7) is 0.118. The van der Waals surface area contributed by atoms with Crippen LogP contribution >= 0.6 is 0 Å². The monoisotopic (exact) mass is 271 g/mol. The molecule has 0 aliphatic carbocycles. The third kappa shape index (κ3) is 4.10. The second kappa shape index (κ2) is 6.73. The van der Waals surface area contributed by atoms with E-state index >= 15 is 0 Å². The molecular weight excluding hydrogens is 254 g/mol. The molecule has 4 heteroatoms. The summed E-state index contributed by atoms with van der Waals surface area (Å²) >= 11 is 0. The Morgan fingerprint density at radius 1 is 0.950 bits per heavy atom. The fourth-order valence-electron chi connectivity index (χ4n) is 1.89. The van der Waals surface area contributed by atoms with Crippen LogP contribution in [0, 0.1) is 0 Å². The van der Waals surface area contributed by atoms with E-state index in [1.165, 1.54) is 0 Å². The van der Waals surface area contributed by atoms with Crippen molar-refractivity contribution < 1.29 is 15.0 Å². The highest BCUT2D eigenvalue weighted by Crippen LogP contribution is 2.13. The van der Waals surface area contributed by atoms with Crippen LogP contribution in [-0.2, 0) is 17.6 Å². The number of phenols is 1. The fraction of sp³-hybridized carbons (Fsp3) is 0.188. The molecule has 0 bridgehead atoms. The van der Waals surface area contributed by atoms with Crippen molar-refractivity contribution in [2.45, 2.75) is 12.8 Å². The molecule has 2 aromatic rings. The molecule has 0 aliphatic rings. The zero-order valence-corrected chi connectivity index (χ0v) is 11.0. The Balaban J connectivity index is 1.92. The van der Waals surface area contributed by atoms with Crippen molar-refractivity contribution in [3.05, 3.63) is 59.7 Å². The molecule has 0 atom stereocenters. The first-order chi connectivity index (χ1) is 9.67. The Hall–Kier alpha value is -2.33. The van der Waals surface area contributed by atoms with Gasteiger partial charge in [-0.3, -0.25) is 4.79 Å². The van der Waals surface area contributed by atoms with Gasteiger partial charge in [-0.2, -0.15) is 0 Å². The van der Waals surface area contributed by atoms with Gasteiger partial charge in [-0.1, -0.05) is 24.3 Å². The summed E-state index contributed by atoms with van der Waals surface area (Å²) in [5.74, 6) is 0.0826. The molecule has 3 N–H and O–H groups in total. The number of rotatable bonds is 5. The lowest BCUT2D eigenvalue weighted by atomic mass is 10.1. The maximum Gasteiger partial charge on any atom is 0.228 e. The largest absolute Gasteiger partial charge is 0.508 e. The quantitative estimate of drug-likeness (QED) is 0.780. The van der Waals surface area contributed by atoms with Gasteiger partial charge >= 0.3 is 0 Å². The number of aliphatic hydroxyl groups excluding tert-OH is 1. The third-order valence-electron chi connectivity index (χ3n) is 2.94. The van der Waals surface area contributed by atoms with Crippen molar-refractivity contribution in [2.75, 3.05) is 11.9 Å². The number of carbonyl (C=O) groups is 1. The van der Waals surface area contributed by atoms with Gasteiger partial charge in [0.2, 0.25) is 5.91 Å². The highest BCUT2D eigenvalue weighted by molar-refractivity contribution is 5.92. The van der Waals surface area contributed by atoms with Gasteiger partial charge in [0.15, 0.2) is 0 Å². The Bertz CT molecular complexity index is 561. The minimum Gasteiger partial charge on any atom is -0.508 e. The molecule has 0 saturated heterocycles. The summed E-state index contributed by atoms with van der Waals surface area (Å²) in [6.07, 6.45) is 0.875. The molecule has 0 unspecified atom stereocenters. The van der Waals surface area contributed by atoms with Crippen LogP contribution < -0.4 is 5.32 Å². The summed E-state index contributed by atoms with van der Waals surface area (Å²) in [5.41, 5.74) is 2.61. The summed E-state index contributed by atoms with van der Waals surface area (Å²) in [7, 11) is 0. The minimum absolute atomic E-state index is 0.106. The number of hydrogen-bond acceptors (Lipinski definition) is 3. The number of hydrogen-bond donors (Lipinski definition) is 3. The average molecular weight is 271 g/mol. The zero-order valence-electron chi connectivity index (χ0n) is 11.0. The van der Waals surface area contributed by atoms with Gasteiger partial charge in [0.05, 0.1) is 6.42 Å². The van der Waals surface area contributed by atoms with Crippen molar-refractivity contribution in [1.29, 1.82) is 0 Å². The van der Waals surface area contributed by atoms with Crippen molar-refractivity contribution >= 4 is 11.6 Å². The first-order valence-corrected chi connectivity index (χ1v) is 6.45. The normalized spacial score (nSPS) is 10.2. The van der Waals surface area contributed by atoms with E-state index in [9.17, 15) is 9.90 Å². The molecular formula is C16H17NO3. The Kier molecular flexibility index (Phi) is 4.74. The van der Waals surface area contributed by atoms with Crippen LogP contribution in [-0.4, -0.2) is 22.7 Å². The van der Waals surface area contributed by atoms with Gasteiger partial charge in [-0.15, -0.1) is 0 Å². The van der Waals surface area contributed by atoms with E-state index < -0.39 is 0 Å². The van der Waals surface area contributed by atoms with Gasteiger partial charge in [0.1, 0.15) is 5.75 Å². The van der Waals surface area contributed by atoms with Gasteiger partial charge in [0, 0.05) is 12.3 Å². The zero-order chi connectivity index (χ0) is 14.4. The van der Waals surface area contributed by atoms with E-state index in [0.717, 1.165) is 16.8 Å². The summed E-state index contributed by atoms with van der Waals surface area (Å²) in [4.78, 5) is 11.9. The Morgan fingerprint density at radius 2 is 1.55 bits per heavy atom. The number of nitrogens with one attached hydrogen (secondary N) is 1. The number of aliphatic hydroxyl groups is 1. The second-order valence-electron chi connectivity index (χ2n) is 4.56. The third-order valence-corrected chi connectivity index (χ3v) is 2.94. The van der Waals surface area contributed by atoms with E-state index in [1.807, 2.05) is 24.3 Å². The van der Waals surface area contributed by atoms with E-state index in [-0.39, 0.29) is 24.7 Å². The van der Waals surface area contributed by atoms with Crippen LogP contribution in [0.1, 0.15) is 11.1 Å². The molecule has 0 spiro atoms. The Labute approximate surface area is 117 Å². The average Bonchev–Trinajstić information content (AvgIpc) is 2.44. The van der Waals surface area contributed by atoms with Crippen LogP contribution in [0.3, 0.4) is 0 Å². The lowest BCUT2D eigenvalue weighted by Crippen LogP contribution is -2.14. The van der Waals surface area contributed by atoms with Gasteiger partial charge in [-0.25, -0.2) is 0 Å². The molecule has 2 aromatic carbocycles. The lowest BCUT2D eigenvalue weighted by molar-refractivity contribution is -0.115. The summed E-state index contributed by atoms with van der Waals surface area (Å²) < 4.78 is 0. The van der Waals surface area contributed by atoms with Gasteiger partial charge in [0.25, 0.3) is 0 Å². The number of anilines is 1. The molecule has 0 aliphatic heterocycles. The highest BCUT2D eigenvalue weighted by Gasteiger charge is 2.04. The smallest absolute Gasteiger partial charge is 0.228 e.